The monoisotopic (exact) mass is 257 g/mol. The lowest BCUT2D eigenvalue weighted by molar-refractivity contribution is -0.135. The largest absolute Gasteiger partial charge is 0.354 e. The van der Waals surface area contributed by atoms with Gasteiger partial charge in [0.05, 0.1) is 6.54 Å². The van der Waals surface area contributed by atoms with Gasteiger partial charge in [0.15, 0.2) is 0 Å². The highest BCUT2D eigenvalue weighted by Crippen LogP contribution is 2.04. The van der Waals surface area contributed by atoms with Gasteiger partial charge in [0.1, 0.15) is 0 Å². The molecule has 0 rings (SSSR count). The lowest BCUT2D eigenvalue weighted by Gasteiger charge is -2.21. The third kappa shape index (κ3) is 7.27. The summed E-state index contributed by atoms with van der Waals surface area (Å²) in [7, 11) is 1.63. The van der Waals surface area contributed by atoms with E-state index in [2.05, 4.69) is 5.32 Å². The van der Waals surface area contributed by atoms with Crippen molar-refractivity contribution in [3.8, 4) is 0 Å². The van der Waals surface area contributed by atoms with Crippen LogP contribution in [0.3, 0.4) is 0 Å². The molecule has 1 atom stereocenters. The molecule has 0 aliphatic rings. The summed E-state index contributed by atoms with van der Waals surface area (Å²) in [5.41, 5.74) is 5.84. The molecule has 18 heavy (non-hydrogen) atoms. The first kappa shape index (κ1) is 16.9. The Labute approximate surface area is 110 Å². The average molecular weight is 257 g/mol. The van der Waals surface area contributed by atoms with Gasteiger partial charge in [0, 0.05) is 26.1 Å². The van der Waals surface area contributed by atoms with Crippen molar-refractivity contribution in [2.45, 2.75) is 40.2 Å². The highest BCUT2D eigenvalue weighted by Gasteiger charge is 2.17. The minimum atomic E-state index is -0.154. The van der Waals surface area contributed by atoms with Gasteiger partial charge in [-0.05, 0) is 11.8 Å². The highest BCUT2D eigenvalue weighted by atomic mass is 16.2. The average Bonchev–Trinajstić information content (AvgIpc) is 2.25. The molecule has 0 radical (unpaired) electrons. The zero-order chi connectivity index (χ0) is 14.3. The summed E-state index contributed by atoms with van der Waals surface area (Å²) in [4.78, 5) is 24.8. The number of likely N-dealkylation sites (N-methyl/N-ethyl adjacent to an activating group) is 1. The fraction of sp³-hybridized carbons (Fsp3) is 0.846. The third-order valence-electron chi connectivity index (χ3n) is 2.78. The van der Waals surface area contributed by atoms with E-state index in [1.165, 1.54) is 4.90 Å². The molecule has 0 aromatic heterocycles. The summed E-state index contributed by atoms with van der Waals surface area (Å²) in [6.45, 7) is 8.73. The third-order valence-corrected chi connectivity index (χ3v) is 2.78. The van der Waals surface area contributed by atoms with Gasteiger partial charge in [-0.15, -0.1) is 0 Å². The number of hydrogen-bond donors (Lipinski definition) is 2. The van der Waals surface area contributed by atoms with Gasteiger partial charge >= 0.3 is 0 Å². The molecule has 2 amide bonds. The van der Waals surface area contributed by atoms with Crippen LogP contribution in [0.15, 0.2) is 0 Å². The maximum absolute atomic E-state index is 11.8. The minimum absolute atomic E-state index is 0.0871. The van der Waals surface area contributed by atoms with Crippen LogP contribution >= 0.6 is 0 Å². The van der Waals surface area contributed by atoms with Crippen molar-refractivity contribution in [1.29, 1.82) is 0 Å². The Morgan fingerprint density at radius 1 is 1.22 bits per heavy atom. The fourth-order valence-corrected chi connectivity index (χ4v) is 1.27. The van der Waals surface area contributed by atoms with E-state index in [-0.39, 0.29) is 36.7 Å². The van der Waals surface area contributed by atoms with E-state index in [4.69, 9.17) is 5.73 Å². The zero-order valence-electron chi connectivity index (χ0n) is 12.2. The van der Waals surface area contributed by atoms with E-state index >= 15 is 0 Å². The smallest absolute Gasteiger partial charge is 0.239 e. The van der Waals surface area contributed by atoms with Crippen molar-refractivity contribution < 1.29 is 9.59 Å². The molecule has 0 heterocycles. The number of rotatable bonds is 7. The minimum Gasteiger partial charge on any atom is -0.354 e. The Bertz CT molecular complexity index is 277. The predicted molar refractivity (Wildman–Crippen MR) is 72.9 cm³/mol. The number of nitrogens with zero attached hydrogens (tertiary/aromatic N) is 1. The molecule has 5 nitrogen and oxygen atoms in total. The number of carbonyl (C=O) groups excluding carboxylic acids is 2. The van der Waals surface area contributed by atoms with Crippen LogP contribution in [0.2, 0.25) is 0 Å². The van der Waals surface area contributed by atoms with Gasteiger partial charge in [-0.3, -0.25) is 9.59 Å². The summed E-state index contributed by atoms with van der Waals surface area (Å²) in [5.74, 6) is 0.454. The van der Waals surface area contributed by atoms with Gasteiger partial charge in [-0.1, -0.05) is 27.7 Å². The second-order valence-electron chi connectivity index (χ2n) is 5.56. The molecule has 0 fully saturated rings. The van der Waals surface area contributed by atoms with Crippen molar-refractivity contribution in [3.05, 3.63) is 0 Å². The maximum atomic E-state index is 11.8. The molecule has 0 spiro atoms. The van der Waals surface area contributed by atoms with Gasteiger partial charge in [-0.25, -0.2) is 0 Å². The van der Waals surface area contributed by atoms with Crippen LogP contribution in [-0.4, -0.2) is 42.9 Å². The summed E-state index contributed by atoms with van der Waals surface area (Å²) in [6, 6.07) is -0.154. The van der Waals surface area contributed by atoms with Crippen molar-refractivity contribution >= 4 is 11.8 Å². The van der Waals surface area contributed by atoms with Crippen molar-refractivity contribution in [2.75, 3.05) is 20.1 Å². The molecule has 1 unspecified atom stereocenters. The highest BCUT2D eigenvalue weighted by molar-refractivity contribution is 5.84. The SMILES string of the molecule is CC(C)CNC(=O)CN(C)C(=O)CC(N)C(C)C. The standard InChI is InChI=1S/C13H27N3O2/c1-9(2)7-15-12(17)8-16(5)13(18)6-11(14)10(3)4/h9-11H,6-8,14H2,1-5H3,(H,15,17). The van der Waals surface area contributed by atoms with E-state index in [0.717, 1.165) is 0 Å². The summed E-state index contributed by atoms with van der Waals surface area (Å²) in [6.07, 6.45) is 0.283. The van der Waals surface area contributed by atoms with E-state index in [0.29, 0.717) is 12.5 Å². The summed E-state index contributed by atoms with van der Waals surface area (Å²) in [5, 5.41) is 2.78. The van der Waals surface area contributed by atoms with E-state index in [1.807, 2.05) is 27.7 Å². The molecule has 5 heteroatoms. The van der Waals surface area contributed by atoms with E-state index in [9.17, 15) is 9.59 Å². The fourth-order valence-electron chi connectivity index (χ4n) is 1.27. The number of carbonyl (C=O) groups is 2. The number of nitrogens with one attached hydrogen (secondary N) is 1. The predicted octanol–water partition coefficient (Wildman–Crippen LogP) is 0.590. The van der Waals surface area contributed by atoms with E-state index in [1.54, 1.807) is 7.05 Å². The molecule has 0 aromatic carbocycles. The maximum Gasteiger partial charge on any atom is 0.239 e. The van der Waals surface area contributed by atoms with Gasteiger partial charge in [0.2, 0.25) is 11.8 Å². The Morgan fingerprint density at radius 2 is 1.78 bits per heavy atom. The molecular weight excluding hydrogens is 230 g/mol. The molecule has 3 N–H and O–H groups in total. The quantitative estimate of drug-likeness (QED) is 0.701. The van der Waals surface area contributed by atoms with Crippen LogP contribution in [0.1, 0.15) is 34.1 Å². The van der Waals surface area contributed by atoms with Crippen LogP contribution in [0.4, 0.5) is 0 Å². The number of hydrogen-bond acceptors (Lipinski definition) is 3. The van der Waals surface area contributed by atoms with Crippen LogP contribution in [0, 0.1) is 11.8 Å². The first-order chi connectivity index (χ1) is 8.23. The molecular formula is C13H27N3O2. The van der Waals surface area contributed by atoms with Crippen LogP contribution < -0.4 is 11.1 Å². The number of amides is 2. The first-order valence-corrected chi connectivity index (χ1v) is 6.50. The topological polar surface area (TPSA) is 75.4 Å². The van der Waals surface area contributed by atoms with Crippen molar-refractivity contribution in [2.24, 2.45) is 17.6 Å². The first-order valence-electron chi connectivity index (χ1n) is 6.50. The van der Waals surface area contributed by atoms with Crippen LogP contribution in [-0.2, 0) is 9.59 Å². The lowest BCUT2D eigenvalue weighted by atomic mass is 10.0. The number of nitrogens with two attached hydrogens (primary N) is 1. The summed E-state index contributed by atoms with van der Waals surface area (Å²) >= 11 is 0. The lowest BCUT2D eigenvalue weighted by Crippen LogP contribution is -2.42. The normalized spacial score (nSPS) is 12.7. The van der Waals surface area contributed by atoms with Gasteiger partial charge in [0.25, 0.3) is 0 Å². The molecule has 0 saturated carbocycles. The molecule has 0 aliphatic carbocycles. The van der Waals surface area contributed by atoms with Crippen LogP contribution in [0.25, 0.3) is 0 Å². The Morgan fingerprint density at radius 3 is 2.22 bits per heavy atom. The Balaban J connectivity index is 4.04. The molecule has 106 valence electrons. The zero-order valence-corrected chi connectivity index (χ0v) is 12.2. The molecule has 0 aliphatic heterocycles. The van der Waals surface area contributed by atoms with Gasteiger partial charge < -0.3 is 16.0 Å². The molecule has 0 saturated heterocycles. The van der Waals surface area contributed by atoms with E-state index < -0.39 is 0 Å². The van der Waals surface area contributed by atoms with Crippen LogP contribution in [0.5, 0.6) is 0 Å². The van der Waals surface area contributed by atoms with Crippen molar-refractivity contribution in [1.82, 2.24) is 10.2 Å². The van der Waals surface area contributed by atoms with Crippen molar-refractivity contribution in [3.63, 3.8) is 0 Å². The van der Waals surface area contributed by atoms with Gasteiger partial charge in [-0.2, -0.15) is 0 Å². The second kappa shape index (κ2) is 8.08. The Kier molecular flexibility index (Phi) is 7.59. The second-order valence-corrected chi connectivity index (χ2v) is 5.56. The molecule has 0 aromatic rings. The molecule has 0 bridgehead atoms. The summed E-state index contributed by atoms with van der Waals surface area (Å²) < 4.78 is 0. The Hall–Kier alpha value is -1.10.